The Balaban J connectivity index is 1.59. The number of amides is 1. The van der Waals surface area contributed by atoms with Crippen molar-refractivity contribution < 1.29 is 4.79 Å². The van der Waals surface area contributed by atoms with E-state index >= 15 is 0 Å². The predicted octanol–water partition coefficient (Wildman–Crippen LogP) is 3.14. The van der Waals surface area contributed by atoms with Gasteiger partial charge in [0.05, 0.1) is 0 Å². The molecule has 2 N–H and O–H groups in total. The molecule has 0 unspecified atom stereocenters. The Morgan fingerprint density at radius 1 is 1.21 bits per heavy atom. The summed E-state index contributed by atoms with van der Waals surface area (Å²) in [5.74, 6) is 0.162. The molecule has 3 nitrogen and oxygen atoms in total. The highest BCUT2D eigenvalue weighted by atomic mass is 35.5. The summed E-state index contributed by atoms with van der Waals surface area (Å²) in [4.78, 5) is 11.4. The molecule has 1 saturated carbocycles. The second-order valence-electron chi connectivity index (χ2n) is 4.90. The molecule has 0 aliphatic heterocycles. The third kappa shape index (κ3) is 5.81. The van der Waals surface area contributed by atoms with Gasteiger partial charge in [-0.3, -0.25) is 4.79 Å². The van der Waals surface area contributed by atoms with Gasteiger partial charge >= 0.3 is 0 Å². The van der Waals surface area contributed by atoms with Gasteiger partial charge in [0.1, 0.15) is 0 Å². The summed E-state index contributed by atoms with van der Waals surface area (Å²) in [6.07, 6.45) is 3.70. The first-order valence-electron chi connectivity index (χ1n) is 6.58. The highest BCUT2D eigenvalue weighted by Crippen LogP contribution is 2.19. The fraction of sp³-hybridized carbons (Fsp3) is 0.500. The fourth-order valence-electron chi connectivity index (χ4n) is 1.85. The molecule has 1 aromatic carbocycles. The summed E-state index contributed by atoms with van der Waals surface area (Å²) >= 11 is 11.8. The van der Waals surface area contributed by atoms with Gasteiger partial charge in [-0.05, 0) is 49.6 Å². The predicted molar refractivity (Wildman–Crippen MR) is 78.6 cm³/mol. The van der Waals surface area contributed by atoms with E-state index in [0.717, 1.165) is 31.4 Å². The minimum atomic E-state index is 0.162. The maximum absolute atomic E-state index is 11.4. The van der Waals surface area contributed by atoms with Gasteiger partial charge in [0, 0.05) is 29.1 Å². The van der Waals surface area contributed by atoms with E-state index in [1.807, 2.05) is 12.1 Å². The van der Waals surface area contributed by atoms with E-state index in [4.69, 9.17) is 23.2 Å². The van der Waals surface area contributed by atoms with Crippen molar-refractivity contribution in [2.24, 2.45) is 0 Å². The SMILES string of the molecule is O=C(CCCNCc1cc(Cl)cc(Cl)c1)NC1CC1. The van der Waals surface area contributed by atoms with E-state index in [1.165, 1.54) is 0 Å². The smallest absolute Gasteiger partial charge is 0.220 e. The van der Waals surface area contributed by atoms with Crippen LogP contribution < -0.4 is 10.6 Å². The van der Waals surface area contributed by atoms with Crippen LogP contribution in [0.25, 0.3) is 0 Å². The maximum Gasteiger partial charge on any atom is 0.220 e. The first-order chi connectivity index (χ1) is 9.13. The number of carbonyl (C=O) groups excluding carboxylic acids is 1. The molecule has 0 radical (unpaired) electrons. The Labute approximate surface area is 123 Å². The first kappa shape index (κ1) is 14.6. The Kier molecular flexibility index (Phi) is 5.49. The zero-order valence-corrected chi connectivity index (χ0v) is 12.2. The van der Waals surface area contributed by atoms with Gasteiger partial charge in [-0.25, -0.2) is 0 Å². The Morgan fingerprint density at radius 3 is 2.53 bits per heavy atom. The average Bonchev–Trinajstić information content (AvgIpc) is 3.11. The molecule has 0 heterocycles. The van der Waals surface area contributed by atoms with Crippen molar-refractivity contribution in [3.63, 3.8) is 0 Å². The summed E-state index contributed by atoms with van der Waals surface area (Å²) in [5, 5.41) is 7.55. The first-order valence-corrected chi connectivity index (χ1v) is 7.34. The lowest BCUT2D eigenvalue weighted by Gasteiger charge is -2.06. The minimum absolute atomic E-state index is 0.162. The molecule has 19 heavy (non-hydrogen) atoms. The minimum Gasteiger partial charge on any atom is -0.353 e. The summed E-state index contributed by atoms with van der Waals surface area (Å²) in [6, 6.07) is 5.95. The van der Waals surface area contributed by atoms with Crippen LogP contribution in [0.4, 0.5) is 0 Å². The molecular formula is C14H18Cl2N2O. The molecule has 0 atom stereocenters. The summed E-state index contributed by atoms with van der Waals surface area (Å²) < 4.78 is 0. The molecule has 1 aromatic rings. The third-order valence-electron chi connectivity index (χ3n) is 2.95. The lowest BCUT2D eigenvalue weighted by Crippen LogP contribution is -2.26. The van der Waals surface area contributed by atoms with Crippen LogP contribution in [0.3, 0.4) is 0 Å². The van der Waals surface area contributed by atoms with Crippen molar-refractivity contribution in [1.29, 1.82) is 0 Å². The maximum atomic E-state index is 11.4. The Bertz CT molecular complexity index is 427. The molecule has 1 aliphatic carbocycles. The highest BCUT2D eigenvalue weighted by molar-refractivity contribution is 6.34. The van der Waals surface area contributed by atoms with Gasteiger partial charge < -0.3 is 10.6 Å². The summed E-state index contributed by atoms with van der Waals surface area (Å²) in [7, 11) is 0. The molecule has 0 saturated heterocycles. The molecule has 5 heteroatoms. The van der Waals surface area contributed by atoms with Gasteiger partial charge in [-0.2, -0.15) is 0 Å². The van der Waals surface area contributed by atoms with E-state index in [9.17, 15) is 4.79 Å². The van der Waals surface area contributed by atoms with E-state index in [1.54, 1.807) is 6.07 Å². The fourth-order valence-corrected chi connectivity index (χ4v) is 2.42. The van der Waals surface area contributed by atoms with Crippen LogP contribution in [0.5, 0.6) is 0 Å². The van der Waals surface area contributed by atoms with Gasteiger partial charge in [0.25, 0.3) is 0 Å². The van der Waals surface area contributed by atoms with Crippen molar-refractivity contribution in [2.45, 2.75) is 38.3 Å². The molecule has 0 aromatic heterocycles. The van der Waals surface area contributed by atoms with Crippen LogP contribution in [0.15, 0.2) is 18.2 Å². The molecular weight excluding hydrogens is 283 g/mol. The van der Waals surface area contributed by atoms with Gasteiger partial charge in [0.15, 0.2) is 0 Å². The van der Waals surface area contributed by atoms with Crippen LogP contribution in [0.2, 0.25) is 10.0 Å². The molecule has 1 fully saturated rings. The second-order valence-corrected chi connectivity index (χ2v) is 5.77. The van der Waals surface area contributed by atoms with E-state index in [-0.39, 0.29) is 5.91 Å². The highest BCUT2D eigenvalue weighted by Gasteiger charge is 2.22. The number of halogens is 2. The Morgan fingerprint density at radius 2 is 1.89 bits per heavy atom. The zero-order valence-electron chi connectivity index (χ0n) is 10.7. The van der Waals surface area contributed by atoms with Crippen LogP contribution in [0.1, 0.15) is 31.2 Å². The molecule has 2 rings (SSSR count). The quantitative estimate of drug-likeness (QED) is 0.760. The lowest BCUT2D eigenvalue weighted by atomic mass is 10.2. The number of hydrogen-bond acceptors (Lipinski definition) is 2. The second kappa shape index (κ2) is 7.13. The lowest BCUT2D eigenvalue weighted by molar-refractivity contribution is -0.121. The average molecular weight is 301 g/mol. The normalized spacial score (nSPS) is 14.4. The number of hydrogen-bond donors (Lipinski definition) is 2. The summed E-state index contributed by atoms with van der Waals surface area (Å²) in [5.41, 5.74) is 1.06. The third-order valence-corrected chi connectivity index (χ3v) is 3.39. The van der Waals surface area contributed by atoms with Crippen molar-refractivity contribution in [3.05, 3.63) is 33.8 Å². The number of rotatable bonds is 7. The monoisotopic (exact) mass is 300 g/mol. The van der Waals surface area contributed by atoms with Crippen LogP contribution in [-0.4, -0.2) is 18.5 Å². The van der Waals surface area contributed by atoms with Gasteiger partial charge in [-0.15, -0.1) is 0 Å². The van der Waals surface area contributed by atoms with Crippen LogP contribution in [-0.2, 0) is 11.3 Å². The van der Waals surface area contributed by atoms with E-state index in [0.29, 0.717) is 29.1 Å². The van der Waals surface area contributed by atoms with Crippen molar-refractivity contribution in [3.8, 4) is 0 Å². The van der Waals surface area contributed by atoms with Gasteiger partial charge in [0.2, 0.25) is 5.91 Å². The largest absolute Gasteiger partial charge is 0.353 e. The van der Waals surface area contributed by atoms with Gasteiger partial charge in [-0.1, -0.05) is 23.2 Å². The van der Waals surface area contributed by atoms with E-state index < -0.39 is 0 Å². The Hall–Kier alpha value is -0.770. The topological polar surface area (TPSA) is 41.1 Å². The van der Waals surface area contributed by atoms with Crippen LogP contribution >= 0.6 is 23.2 Å². The van der Waals surface area contributed by atoms with Crippen molar-refractivity contribution in [2.75, 3.05) is 6.54 Å². The standard InChI is InChI=1S/C14H18Cl2N2O/c15-11-6-10(7-12(16)8-11)9-17-5-1-2-14(19)18-13-3-4-13/h6-8,13,17H,1-5,9H2,(H,18,19). The molecule has 0 spiro atoms. The summed E-state index contributed by atoms with van der Waals surface area (Å²) in [6.45, 7) is 1.52. The van der Waals surface area contributed by atoms with E-state index in [2.05, 4.69) is 10.6 Å². The number of nitrogens with one attached hydrogen (secondary N) is 2. The molecule has 1 aliphatic rings. The molecule has 1 amide bonds. The van der Waals surface area contributed by atoms with Crippen LogP contribution in [0, 0.1) is 0 Å². The zero-order chi connectivity index (χ0) is 13.7. The molecule has 0 bridgehead atoms. The van der Waals surface area contributed by atoms with Crippen molar-refractivity contribution >= 4 is 29.1 Å². The van der Waals surface area contributed by atoms with Crippen molar-refractivity contribution in [1.82, 2.24) is 10.6 Å². The molecule has 104 valence electrons. The number of carbonyl (C=O) groups is 1. The number of benzene rings is 1.